The van der Waals surface area contributed by atoms with E-state index in [0.29, 0.717) is 18.2 Å². The molecule has 0 radical (unpaired) electrons. The maximum Gasteiger partial charge on any atom is 0.267 e. The molecule has 0 aliphatic heterocycles. The van der Waals surface area contributed by atoms with Crippen LogP contribution in [0.2, 0.25) is 0 Å². The van der Waals surface area contributed by atoms with E-state index in [2.05, 4.69) is 46.7 Å². The largest absolute Gasteiger partial charge is 0.356 e. The predicted octanol–water partition coefficient (Wildman–Crippen LogP) is 2.14. The number of hydrogen-bond acceptors (Lipinski definition) is 2. The average molecular weight is 372 g/mol. The van der Waals surface area contributed by atoms with Gasteiger partial charge in [0.15, 0.2) is 0 Å². The molecule has 0 bridgehead atoms. The molecule has 0 fully saturated rings. The number of aromatic amines is 1. The number of carbonyl (C=O) groups excluding carboxylic acids is 1. The van der Waals surface area contributed by atoms with Gasteiger partial charge in [-0.2, -0.15) is 0 Å². The predicted molar refractivity (Wildman–Crippen MR) is 80.5 cm³/mol. The van der Waals surface area contributed by atoms with Gasteiger partial charge in [-0.3, -0.25) is 4.79 Å². The van der Waals surface area contributed by atoms with Gasteiger partial charge in [-0.15, -0.1) is 12.4 Å². The minimum absolute atomic E-state index is 0. The molecular weight excluding hydrogens is 352 g/mol. The number of nitrogens with two attached hydrogens (primary N) is 1. The van der Waals surface area contributed by atoms with Crippen LogP contribution >= 0.6 is 35.0 Å². The third kappa shape index (κ3) is 5.74. The number of amides is 1. The van der Waals surface area contributed by atoms with Crippen LogP contribution in [0.5, 0.6) is 0 Å². The number of nitrogens with one attached hydrogen (secondary N) is 2. The SMILES string of the molecule is CC(C)CC(CN)NC(=O)c1cc(I)c[nH]1.Cl. The van der Waals surface area contributed by atoms with Gasteiger partial charge in [0.25, 0.3) is 5.91 Å². The fourth-order valence-corrected chi connectivity index (χ4v) is 2.01. The first-order valence-corrected chi connectivity index (χ1v) is 6.45. The van der Waals surface area contributed by atoms with E-state index < -0.39 is 0 Å². The molecule has 0 spiro atoms. The monoisotopic (exact) mass is 371 g/mol. The van der Waals surface area contributed by atoms with Crippen LogP contribution in [0.15, 0.2) is 12.3 Å². The fourth-order valence-electron chi connectivity index (χ4n) is 1.55. The van der Waals surface area contributed by atoms with Crippen LogP contribution in [0.25, 0.3) is 0 Å². The normalized spacial score (nSPS) is 12.1. The van der Waals surface area contributed by atoms with E-state index in [-0.39, 0.29) is 24.4 Å². The summed E-state index contributed by atoms with van der Waals surface area (Å²) in [6.45, 7) is 4.71. The van der Waals surface area contributed by atoms with Gasteiger partial charge in [-0.1, -0.05) is 13.8 Å². The van der Waals surface area contributed by atoms with Crippen molar-refractivity contribution in [2.24, 2.45) is 11.7 Å². The second kappa shape index (κ2) is 7.94. The van der Waals surface area contributed by atoms with Gasteiger partial charge < -0.3 is 16.0 Å². The number of H-pyrrole nitrogens is 1. The Balaban J connectivity index is 0.00000256. The van der Waals surface area contributed by atoms with Crippen molar-refractivity contribution < 1.29 is 4.79 Å². The lowest BCUT2D eigenvalue weighted by Crippen LogP contribution is -2.41. The molecule has 0 saturated heterocycles. The molecule has 1 aromatic rings. The summed E-state index contributed by atoms with van der Waals surface area (Å²) in [5, 5.41) is 2.93. The van der Waals surface area contributed by atoms with E-state index in [1.54, 1.807) is 6.20 Å². The molecule has 0 aliphatic carbocycles. The van der Waals surface area contributed by atoms with Gasteiger partial charge >= 0.3 is 0 Å². The third-order valence-electron chi connectivity index (χ3n) is 2.27. The first-order valence-electron chi connectivity index (χ1n) is 5.37. The van der Waals surface area contributed by atoms with Crippen LogP contribution in [-0.2, 0) is 0 Å². The minimum atomic E-state index is -0.0842. The van der Waals surface area contributed by atoms with Crippen molar-refractivity contribution in [3.8, 4) is 0 Å². The Kier molecular flexibility index (Phi) is 7.82. The molecule has 0 aliphatic rings. The van der Waals surface area contributed by atoms with Gasteiger partial charge in [-0.05, 0) is 41.0 Å². The summed E-state index contributed by atoms with van der Waals surface area (Å²) >= 11 is 2.16. The zero-order chi connectivity index (χ0) is 12.1. The van der Waals surface area contributed by atoms with Crippen molar-refractivity contribution in [1.82, 2.24) is 10.3 Å². The molecule has 1 aromatic heterocycles. The summed E-state index contributed by atoms with van der Waals surface area (Å²) in [4.78, 5) is 14.7. The summed E-state index contributed by atoms with van der Waals surface area (Å²) < 4.78 is 1.02. The van der Waals surface area contributed by atoms with Gasteiger partial charge in [0, 0.05) is 22.4 Å². The van der Waals surface area contributed by atoms with Crippen molar-refractivity contribution in [1.29, 1.82) is 0 Å². The molecule has 1 atom stereocenters. The molecule has 4 N–H and O–H groups in total. The Labute approximate surface area is 122 Å². The average Bonchev–Trinajstić information content (AvgIpc) is 2.63. The van der Waals surface area contributed by atoms with Gasteiger partial charge in [-0.25, -0.2) is 0 Å². The Morgan fingerprint density at radius 1 is 1.59 bits per heavy atom. The van der Waals surface area contributed by atoms with E-state index >= 15 is 0 Å². The second-order valence-electron chi connectivity index (χ2n) is 4.27. The molecule has 1 unspecified atom stereocenters. The number of aromatic nitrogens is 1. The van der Waals surface area contributed by atoms with Crippen LogP contribution < -0.4 is 11.1 Å². The van der Waals surface area contributed by atoms with Crippen molar-refractivity contribution >= 4 is 40.9 Å². The van der Waals surface area contributed by atoms with E-state index in [4.69, 9.17) is 5.73 Å². The Morgan fingerprint density at radius 3 is 2.65 bits per heavy atom. The Bertz CT molecular complexity index is 354. The lowest BCUT2D eigenvalue weighted by molar-refractivity contribution is 0.0929. The Morgan fingerprint density at radius 2 is 2.24 bits per heavy atom. The molecule has 1 rings (SSSR count). The van der Waals surface area contributed by atoms with Crippen LogP contribution in [0.1, 0.15) is 30.8 Å². The third-order valence-corrected chi connectivity index (χ3v) is 2.89. The zero-order valence-electron chi connectivity index (χ0n) is 10.00. The highest BCUT2D eigenvalue weighted by Crippen LogP contribution is 2.08. The standard InChI is InChI=1S/C11H18IN3O.ClH/c1-7(2)3-9(5-13)15-11(16)10-4-8(12)6-14-10;/h4,6-7,9,14H,3,5,13H2,1-2H3,(H,15,16);1H. The fraction of sp³-hybridized carbons (Fsp3) is 0.545. The quantitative estimate of drug-likeness (QED) is 0.694. The minimum Gasteiger partial charge on any atom is -0.356 e. The van der Waals surface area contributed by atoms with Crippen molar-refractivity contribution in [3.63, 3.8) is 0 Å². The summed E-state index contributed by atoms with van der Waals surface area (Å²) in [5.41, 5.74) is 6.22. The number of carbonyl (C=O) groups is 1. The van der Waals surface area contributed by atoms with Crippen molar-refractivity contribution in [2.45, 2.75) is 26.3 Å². The number of rotatable bonds is 5. The van der Waals surface area contributed by atoms with Crippen molar-refractivity contribution in [3.05, 3.63) is 21.5 Å². The number of halogens is 2. The lowest BCUT2D eigenvalue weighted by atomic mass is 10.0. The Hall–Kier alpha value is -0.270. The summed E-state index contributed by atoms with van der Waals surface area (Å²) in [7, 11) is 0. The molecule has 0 saturated carbocycles. The smallest absolute Gasteiger partial charge is 0.267 e. The van der Waals surface area contributed by atoms with Gasteiger partial charge in [0.05, 0.1) is 0 Å². The first kappa shape index (κ1) is 16.7. The van der Waals surface area contributed by atoms with Crippen LogP contribution in [0.4, 0.5) is 0 Å². The molecular formula is C11H19ClIN3O. The van der Waals surface area contributed by atoms with Crippen LogP contribution in [0, 0.1) is 9.49 Å². The molecule has 0 aromatic carbocycles. The van der Waals surface area contributed by atoms with E-state index in [1.165, 1.54) is 0 Å². The first-order chi connectivity index (χ1) is 7.52. The number of hydrogen-bond donors (Lipinski definition) is 3. The maximum atomic E-state index is 11.8. The van der Waals surface area contributed by atoms with Gasteiger partial charge in [0.1, 0.15) is 5.69 Å². The highest BCUT2D eigenvalue weighted by Gasteiger charge is 2.14. The van der Waals surface area contributed by atoms with Gasteiger partial charge in [0.2, 0.25) is 0 Å². The molecule has 17 heavy (non-hydrogen) atoms. The molecule has 4 nitrogen and oxygen atoms in total. The molecule has 98 valence electrons. The molecule has 1 heterocycles. The summed E-state index contributed by atoms with van der Waals surface area (Å²) in [6.07, 6.45) is 2.70. The highest BCUT2D eigenvalue weighted by molar-refractivity contribution is 14.1. The van der Waals surface area contributed by atoms with E-state index in [1.807, 2.05) is 6.07 Å². The molecule has 1 amide bonds. The van der Waals surface area contributed by atoms with Crippen LogP contribution in [-0.4, -0.2) is 23.5 Å². The zero-order valence-corrected chi connectivity index (χ0v) is 13.0. The van der Waals surface area contributed by atoms with E-state index in [0.717, 1.165) is 9.99 Å². The second-order valence-corrected chi connectivity index (χ2v) is 5.51. The summed E-state index contributed by atoms with van der Waals surface area (Å²) in [5.74, 6) is 0.441. The molecule has 6 heteroatoms. The van der Waals surface area contributed by atoms with Crippen LogP contribution in [0.3, 0.4) is 0 Å². The summed E-state index contributed by atoms with van der Waals surface area (Å²) in [6, 6.07) is 1.87. The highest BCUT2D eigenvalue weighted by atomic mass is 127. The topological polar surface area (TPSA) is 70.9 Å². The van der Waals surface area contributed by atoms with E-state index in [9.17, 15) is 4.79 Å². The lowest BCUT2D eigenvalue weighted by Gasteiger charge is -2.18. The maximum absolute atomic E-state index is 11.8. The van der Waals surface area contributed by atoms with Crippen molar-refractivity contribution in [2.75, 3.05) is 6.54 Å².